The van der Waals surface area contributed by atoms with E-state index in [1.165, 1.54) is 25.1 Å². The lowest BCUT2D eigenvalue weighted by Crippen LogP contribution is -2.29. The first-order chi connectivity index (χ1) is 12.5. The van der Waals surface area contributed by atoms with Gasteiger partial charge in [-0.05, 0) is 31.2 Å². The maximum absolute atomic E-state index is 13.5. The molecule has 2 aromatic rings. The van der Waals surface area contributed by atoms with E-state index in [0.29, 0.717) is 17.2 Å². The van der Waals surface area contributed by atoms with Gasteiger partial charge in [0.15, 0.2) is 17.6 Å². The number of hydrogen-bond acceptors (Lipinski definition) is 5. The zero-order valence-electron chi connectivity index (χ0n) is 13.9. The summed E-state index contributed by atoms with van der Waals surface area (Å²) in [6.07, 6.45) is 1.33. The molecule has 1 amide bonds. The minimum absolute atomic E-state index is 0.134. The largest absolute Gasteiger partial charge is 0.454 e. The fourth-order valence-electron chi connectivity index (χ4n) is 2.25. The first kappa shape index (κ1) is 17.5. The van der Waals surface area contributed by atoms with Gasteiger partial charge < -0.3 is 19.5 Å². The average Bonchev–Trinajstić information content (AvgIpc) is 3.08. The Morgan fingerprint density at radius 1 is 1.19 bits per heavy atom. The second-order valence-electron chi connectivity index (χ2n) is 5.49. The van der Waals surface area contributed by atoms with Crippen molar-refractivity contribution in [2.75, 3.05) is 12.1 Å². The van der Waals surface area contributed by atoms with Crippen LogP contribution in [0.3, 0.4) is 0 Å². The molecule has 1 aliphatic rings. The lowest BCUT2D eigenvalue weighted by atomic mass is 10.2. The molecule has 0 aliphatic carbocycles. The van der Waals surface area contributed by atoms with Crippen LogP contribution in [0.1, 0.15) is 12.5 Å². The number of hydrogen-bond donors (Lipinski definition) is 1. The standard InChI is InChI=1S/C19H16FNO5/c1-12(26-18(22)9-6-13-4-2-3-5-15(13)20)19(23)21-14-7-8-16-17(10-14)25-11-24-16/h2-10,12H,11H2,1H3,(H,21,23)/b9-6+/t12-/m0/s1. The third-order valence-corrected chi connectivity index (χ3v) is 3.61. The van der Waals surface area contributed by atoms with Gasteiger partial charge in [0.05, 0.1) is 0 Å². The van der Waals surface area contributed by atoms with Crippen LogP contribution in [-0.4, -0.2) is 24.8 Å². The molecule has 7 heteroatoms. The molecule has 0 aromatic heterocycles. The molecule has 0 fully saturated rings. The number of carbonyl (C=O) groups is 2. The smallest absolute Gasteiger partial charge is 0.331 e. The summed E-state index contributed by atoms with van der Waals surface area (Å²) in [4.78, 5) is 23.9. The summed E-state index contributed by atoms with van der Waals surface area (Å²) in [6, 6.07) is 10.9. The lowest BCUT2D eigenvalue weighted by molar-refractivity contribution is -0.148. The van der Waals surface area contributed by atoms with E-state index in [1.807, 2.05) is 0 Å². The molecule has 0 radical (unpaired) electrons. The van der Waals surface area contributed by atoms with Gasteiger partial charge in [0.2, 0.25) is 6.79 Å². The molecule has 0 saturated heterocycles. The molecule has 0 spiro atoms. The van der Waals surface area contributed by atoms with Crippen LogP contribution in [0.5, 0.6) is 11.5 Å². The van der Waals surface area contributed by atoms with Gasteiger partial charge in [0, 0.05) is 23.4 Å². The molecule has 0 unspecified atom stereocenters. The number of ether oxygens (including phenoxy) is 3. The van der Waals surface area contributed by atoms with E-state index < -0.39 is 23.8 Å². The van der Waals surface area contributed by atoms with E-state index in [-0.39, 0.29) is 12.4 Å². The average molecular weight is 357 g/mol. The van der Waals surface area contributed by atoms with Crippen LogP contribution in [0.4, 0.5) is 10.1 Å². The Bertz CT molecular complexity index is 865. The fourth-order valence-corrected chi connectivity index (χ4v) is 2.25. The SMILES string of the molecule is C[C@H](OC(=O)/C=C/c1ccccc1F)C(=O)Nc1ccc2c(c1)OCO2. The van der Waals surface area contributed by atoms with Crippen LogP contribution in [-0.2, 0) is 14.3 Å². The maximum atomic E-state index is 13.5. The van der Waals surface area contributed by atoms with Gasteiger partial charge >= 0.3 is 5.97 Å². The number of nitrogens with one attached hydrogen (secondary N) is 1. The van der Waals surface area contributed by atoms with E-state index >= 15 is 0 Å². The number of benzene rings is 2. The van der Waals surface area contributed by atoms with Crippen LogP contribution >= 0.6 is 0 Å². The molecule has 1 aliphatic heterocycles. The van der Waals surface area contributed by atoms with Gasteiger partial charge in [0.1, 0.15) is 5.82 Å². The van der Waals surface area contributed by atoms with Crippen molar-refractivity contribution in [1.29, 1.82) is 0 Å². The number of anilines is 1. The molecule has 1 atom stereocenters. The highest BCUT2D eigenvalue weighted by molar-refractivity contribution is 5.96. The monoisotopic (exact) mass is 357 g/mol. The number of amides is 1. The quantitative estimate of drug-likeness (QED) is 0.657. The van der Waals surface area contributed by atoms with Crippen molar-refractivity contribution in [3.05, 3.63) is 59.9 Å². The van der Waals surface area contributed by atoms with Gasteiger partial charge in [-0.25, -0.2) is 9.18 Å². The van der Waals surface area contributed by atoms with Crippen molar-refractivity contribution < 1.29 is 28.2 Å². The molecule has 0 bridgehead atoms. The number of carbonyl (C=O) groups excluding carboxylic acids is 2. The van der Waals surface area contributed by atoms with Gasteiger partial charge in [-0.2, -0.15) is 0 Å². The highest BCUT2D eigenvalue weighted by Gasteiger charge is 2.19. The van der Waals surface area contributed by atoms with Crippen molar-refractivity contribution >= 4 is 23.6 Å². The van der Waals surface area contributed by atoms with Crippen LogP contribution < -0.4 is 14.8 Å². The van der Waals surface area contributed by atoms with E-state index in [4.69, 9.17) is 14.2 Å². The Labute approximate surface area is 149 Å². The molecule has 3 rings (SSSR count). The van der Waals surface area contributed by atoms with Gasteiger partial charge in [-0.3, -0.25) is 4.79 Å². The summed E-state index contributed by atoms with van der Waals surface area (Å²) in [5, 5.41) is 2.62. The summed E-state index contributed by atoms with van der Waals surface area (Å²) in [5.74, 6) is -0.579. The number of esters is 1. The minimum Gasteiger partial charge on any atom is -0.454 e. The Morgan fingerprint density at radius 2 is 1.96 bits per heavy atom. The van der Waals surface area contributed by atoms with E-state index in [9.17, 15) is 14.0 Å². The maximum Gasteiger partial charge on any atom is 0.331 e. The highest BCUT2D eigenvalue weighted by Crippen LogP contribution is 2.34. The lowest BCUT2D eigenvalue weighted by Gasteiger charge is -2.12. The summed E-state index contributed by atoms with van der Waals surface area (Å²) in [5.41, 5.74) is 0.742. The number of halogens is 1. The molecule has 1 N–H and O–H groups in total. The first-order valence-corrected chi connectivity index (χ1v) is 7.86. The van der Waals surface area contributed by atoms with Gasteiger partial charge in [-0.1, -0.05) is 18.2 Å². The molecular formula is C19H16FNO5. The summed E-state index contributed by atoms with van der Waals surface area (Å²) in [6.45, 7) is 1.58. The second-order valence-corrected chi connectivity index (χ2v) is 5.49. The highest BCUT2D eigenvalue weighted by atomic mass is 19.1. The third-order valence-electron chi connectivity index (χ3n) is 3.61. The first-order valence-electron chi connectivity index (χ1n) is 7.86. The second kappa shape index (κ2) is 7.69. The topological polar surface area (TPSA) is 73.9 Å². The van der Waals surface area contributed by atoms with Crippen molar-refractivity contribution in [3.8, 4) is 11.5 Å². The fraction of sp³-hybridized carbons (Fsp3) is 0.158. The Hall–Kier alpha value is -3.35. The molecule has 1 heterocycles. The summed E-state index contributed by atoms with van der Waals surface area (Å²) in [7, 11) is 0. The molecule has 2 aromatic carbocycles. The minimum atomic E-state index is -1.03. The Kier molecular flexibility index (Phi) is 5.17. The predicted molar refractivity (Wildman–Crippen MR) is 92.2 cm³/mol. The van der Waals surface area contributed by atoms with E-state index in [2.05, 4.69) is 5.32 Å². The number of fused-ring (bicyclic) bond motifs is 1. The van der Waals surface area contributed by atoms with Gasteiger partial charge in [-0.15, -0.1) is 0 Å². The molecule has 26 heavy (non-hydrogen) atoms. The summed E-state index contributed by atoms with van der Waals surface area (Å²) < 4.78 is 28.9. The normalized spacial score (nSPS) is 13.5. The van der Waals surface area contributed by atoms with Crippen LogP contribution in [0, 0.1) is 5.82 Å². The number of rotatable bonds is 5. The van der Waals surface area contributed by atoms with Crippen LogP contribution in [0.15, 0.2) is 48.5 Å². The van der Waals surface area contributed by atoms with Crippen molar-refractivity contribution in [2.45, 2.75) is 13.0 Å². The molecule has 134 valence electrons. The predicted octanol–water partition coefficient (Wildman–Crippen LogP) is 3.14. The third kappa shape index (κ3) is 4.18. The Morgan fingerprint density at radius 3 is 2.77 bits per heavy atom. The van der Waals surface area contributed by atoms with Gasteiger partial charge in [0.25, 0.3) is 5.91 Å². The van der Waals surface area contributed by atoms with E-state index in [0.717, 1.165) is 6.08 Å². The summed E-state index contributed by atoms with van der Waals surface area (Å²) >= 11 is 0. The molecular weight excluding hydrogens is 341 g/mol. The zero-order chi connectivity index (χ0) is 18.5. The van der Waals surface area contributed by atoms with Crippen molar-refractivity contribution in [1.82, 2.24) is 0 Å². The van der Waals surface area contributed by atoms with Crippen molar-refractivity contribution in [2.24, 2.45) is 0 Å². The molecule has 0 saturated carbocycles. The van der Waals surface area contributed by atoms with Crippen LogP contribution in [0.25, 0.3) is 6.08 Å². The van der Waals surface area contributed by atoms with E-state index in [1.54, 1.807) is 30.3 Å². The zero-order valence-corrected chi connectivity index (χ0v) is 13.9. The Balaban J connectivity index is 1.55. The molecule has 6 nitrogen and oxygen atoms in total. The van der Waals surface area contributed by atoms with Crippen LogP contribution in [0.2, 0.25) is 0 Å². The van der Waals surface area contributed by atoms with Crippen molar-refractivity contribution in [3.63, 3.8) is 0 Å².